The summed E-state index contributed by atoms with van der Waals surface area (Å²) in [7, 11) is 0. The molecule has 2 aromatic rings. The van der Waals surface area contributed by atoms with Crippen molar-refractivity contribution in [2.75, 3.05) is 31.6 Å². The van der Waals surface area contributed by atoms with Crippen LogP contribution in [0.5, 0.6) is 5.75 Å². The molecule has 6 heteroatoms. The number of ether oxygens (including phenoxy) is 1. The van der Waals surface area contributed by atoms with Gasteiger partial charge in [-0.05, 0) is 79.9 Å². The van der Waals surface area contributed by atoms with Crippen LogP contribution < -0.4 is 10.1 Å². The molecule has 29 heavy (non-hydrogen) atoms. The lowest BCUT2D eigenvalue weighted by Crippen LogP contribution is -2.25. The molecule has 1 unspecified atom stereocenters. The number of likely N-dealkylation sites (tertiary alicyclic amines) is 1. The number of carboxylic acid groups (broad SMARTS) is 1. The summed E-state index contributed by atoms with van der Waals surface area (Å²) < 4.78 is 5.99. The van der Waals surface area contributed by atoms with E-state index in [4.69, 9.17) is 10.00 Å². The Morgan fingerprint density at radius 3 is 2.59 bits per heavy atom. The van der Waals surface area contributed by atoms with Gasteiger partial charge in [0.2, 0.25) is 0 Å². The van der Waals surface area contributed by atoms with E-state index in [1.54, 1.807) is 30.3 Å². The minimum absolute atomic E-state index is 0.533. The lowest BCUT2D eigenvalue weighted by atomic mass is 10.0. The summed E-state index contributed by atoms with van der Waals surface area (Å²) >= 11 is 0. The van der Waals surface area contributed by atoms with Crippen LogP contribution in [0.2, 0.25) is 0 Å². The number of carbonyl (C=O) groups is 1. The molecule has 0 amide bonds. The van der Waals surface area contributed by atoms with Crippen LogP contribution in [-0.4, -0.2) is 42.2 Å². The molecule has 0 aromatic heterocycles. The molecule has 6 nitrogen and oxygen atoms in total. The van der Waals surface area contributed by atoms with Gasteiger partial charge in [-0.2, -0.15) is 5.26 Å². The summed E-state index contributed by atoms with van der Waals surface area (Å²) in [5.74, 6) is -0.142. The second kappa shape index (κ2) is 9.94. The minimum Gasteiger partial charge on any atom is -0.492 e. The van der Waals surface area contributed by atoms with Crippen molar-refractivity contribution in [1.82, 2.24) is 4.90 Å². The Morgan fingerprint density at radius 1 is 1.24 bits per heavy atom. The quantitative estimate of drug-likeness (QED) is 0.673. The first kappa shape index (κ1) is 20.7. The van der Waals surface area contributed by atoms with Gasteiger partial charge >= 0.3 is 5.97 Å². The smallest absolute Gasteiger partial charge is 0.330 e. The molecular formula is C23H27N3O3. The van der Waals surface area contributed by atoms with Crippen molar-refractivity contribution in [3.63, 3.8) is 0 Å². The molecule has 2 aromatic carbocycles. The first-order valence-corrected chi connectivity index (χ1v) is 10.1. The van der Waals surface area contributed by atoms with Gasteiger partial charge in [-0.25, -0.2) is 4.79 Å². The van der Waals surface area contributed by atoms with Crippen LogP contribution in [0.3, 0.4) is 0 Å². The van der Waals surface area contributed by atoms with Gasteiger partial charge in [-0.15, -0.1) is 0 Å². The fourth-order valence-electron chi connectivity index (χ4n) is 3.58. The van der Waals surface area contributed by atoms with E-state index in [1.165, 1.54) is 12.8 Å². The third-order valence-electron chi connectivity index (χ3n) is 5.23. The molecule has 0 saturated carbocycles. The van der Waals surface area contributed by atoms with Crippen LogP contribution in [0.1, 0.15) is 42.5 Å². The molecule has 1 fully saturated rings. The Morgan fingerprint density at radius 2 is 1.97 bits per heavy atom. The van der Waals surface area contributed by atoms with Crippen molar-refractivity contribution in [2.45, 2.75) is 32.2 Å². The summed E-state index contributed by atoms with van der Waals surface area (Å²) in [6, 6.07) is 13.5. The highest BCUT2D eigenvalue weighted by Crippen LogP contribution is 2.27. The zero-order valence-electron chi connectivity index (χ0n) is 16.7. The second-order valence-electron chi connectivity index (χ2n) is 7.22. The zero-order valence-corrected chi connectivity index (χ0v) is 16.7. The van der Waals surface area contributed by atoms with Crippen LogP contribution >= 0.6 is 0 Å². The van der Waals surface area contributed by atoms with Crippen LogP contribution in [-0.2, 0) is 11.2 Å². The summed E-state index contributed by atoms with van der Waals surface area (Å²) in [5.41, 5.74) is 2.86. The summed E-state index contributed by atoms with van der Waals surface area (Å²) in [6.45, 7) is 5.88. The Kier molecular flexibility index (Phi) is 7.09. The molecule has 1 heterocycles. The highest BCUT2D eigenvalue weighted by Gasteiger charge is 2.21. The number of nitrogens with one attached hydrogen (secondary N) is 1. The average Bonchev–Trinajstić information content (AvgIpc) is 3.26. The molecule has 0 bridgehead atoms. The predicted molar refractivity (Wildman–Crippen MR) is 112 cm³/mol. The third kappa shape index (κ3) is 5.49. The van der Waals surface area contributed by atoms with Gasteiger partial charge < -0.3 is 15.2 Å². The van der Waals surface area contributed by atoms with E-state index < -0.39 is 12.0 Å². The van der Waals surface area contributed by atoms with Crippen LogP contribution in [0.15, 0.2) is 42.5 Å². The van der Waals surface area contributed by atoms with E-state index in [1.807, 2.05) is 19.1 Å². The number of benzene rings is 2. The molecule has 0 aliphatic carbocycles. The normalized spacial score (nSPS) is 14.9. The maximum atomic E-state index is 11.9. The van der Waals surface area contributed by atoms with Crippen molar-refractivity contribution < 1.29 is 14.6 Å². The fraction of sp³-hybridized carbons (Fsp3) is 0.391. The van der Waals surface area contributed by atoms with Crippen molar-refractivity contribution in [3.05, 3.63) is 59.2 Å². The van der Waals surface area contributed by atoms with Gasteiger partial charge in [-0.3, -0.25) is 4.90 Å². The van der Waals surface area contributed by atoms with Gasteiger partial charge in [0, 0.05) is 12.2 Å². The van der Waals surface area contributed by atoms with Crippen molar-refractivity contribution in [1.29, 1.82) is 5.26 Å². The van der Waals surface area contributed by atoms with E-state index >= 15 is 0 Å². The number of nitriles is 1. The van der Waals surface area contributed by atoms with Crippen molar-refractivity contribution in [3.8, 4) is 11.8 Å². The molecule has 2 N–H and O–H groups in total. The summed E-state index contributed by atoms with van der Waals surface area (Å²) in [4.78, 5) is 14.3. The number of nitrogens with zero attached hydrogens (tertiary/aromatic N) is 2. The number of hydrogen-bond acceptors (Lipinski definition) is 5. The Labute approximate surface area is 171 Å². The van der Waals surface area contributed by atoms with E-state index in [2.05, 4.69) is 16.3 Å². The molecule has 1 atom stereocenters. The average molecular weight is 393 g/mol. The zero-order chi connectivity index (χ0) is 20.6. The van der Waals surface area contributed by atoms with Crippen LogP contribution in [0.4, 0.5) is 5.69 Å². The Bertz CT molecular complexity index is 868. The van der Waals surface area contributed by atoms with E-state index in [-0.39, 0.29) is 0 Å². The predicted octanol–water partition coefficient (Wildman–Crippen LogP) is 3.83. The molecule has 0 spiro atoms. The number of aliphatic carboxylic acids is 1. The lowest BCUT2D eigenvalue weighted by Gasteiger charge is -2.19. The lowest BCUT2D eigenvalue weighted by molar-refractivity contribution is -0.138. The number of hydrogen-bond donors (Lipinski definition) is 2. The fourth-order valence-corrected chi connectivity index (χ4v) is 3.58. The van der Waals surface area contributed by atoms with E-state index in [9.17, 15) is 9.90 Å². The number of rotatable bonds is 9. The summed E-state index contributed by atoms with van der Waals surface area (Å²) in [5, 5.41) is 21.7. The molecular weight excluding hydrogens is 366 g/mol. The molecule has 1 aliphatic rings. The van der Waals surface area contributed by atoms with Crippen LogP contribution in [0, 0.1) is 11.3 Å². The first-order valence-electron chi connectivity index (χ1n) is 10.1. The molecule has 1 aliphatic heterocycles. The van der Waals surface area contributed by atoms with Gasteiger partial charge in [0.05, 0.1) is 11.6 Å². The van der Waals surface area contributed by atoms with Gasteiger partial charge in [0.1, 0.15) is 12.4 Å². The van der Waals surface area contributed by atoms with Crippen LogP contribution in [0.25, 0.3) is 0 Å². The maximum Gasteiger partial charge on any atom is 0.330 e. The molecule has 152 valence electrons. The maximum absolute atomic E-state index is 11.9. The van der Waals surface area contributed by atoms with E-state index in [0.29, 0.717) is 23.4 Å². The largest absolute Gasteiger partial charge is 0.492 e. The first-order chi connectivity index (χ1) is 14.1. The number of anilines is 1. The van der Waals surface area contributed by atoms with Gasteiger partial charge in [0.25, 0.3) is 0 Å². The molecule has 0 radical (unpaired) electrons. The van der Waals surface area contributed by atoms with Gasteiger partial charge in [0.15, 0.2) is 6.04 Å². The standard InChI is InChI=1S/C23H27N3O3/c1-2-18-15-19(7-10-21(18)29-14-13-26-11-3-4-12-26)22(23(27)28)25-20-8-5-17(16-24)6-9-20/h5-10,15,22,25H,2-4,11-14H2,1H3,(H,27,28). The Hall–Kier alpha value is -3.04. The number of carboxylic acids is 1. The second-order valence-corrected chi connectivity index (χ2v) is 7.22. The monoisotopic (exact) mass is 393 g/mol. The highest BCUT2D eigenvalue weighted by molar-refractivity contribution is 5.79. The highest BCUT2D eigenvalue weighted by atomic mass is 16.5. The summed E-state index contributed by atoms with van der Waals surface area (Å²) in [6.07, 6.45) is 3.28. The number of aryl methyl sites for hydroxylation is 1. The van der Waals surface area contributed by atoms with E-state index in [0.717, 1.165) is 37.4 Å². The topological polar surface area (TPSA) is 85.6 Å². The Balaban J connectivity index is 1.70. The van der Waals surface area contributed by atoms with Crippen molar-refractivity contribution in [2.24, 2.45) is 0 Å². The van der Waals surface area contributed by atoms with Crippen molar-refractivity contribution >= 4 is 11.7 Å². The molecule has 3 rings (SSSR count). The van der Waals surface area contributed by atoms with Gasteiger partial charge in [-0.1, -0.05) is 13.0 Å². The molecule has 1 saturated heterocycles. The SMILES string of the molecule is CCc1cc(C(Nc2ccc(C#N)cc2)C(=O)O)ccc1OCCN1CCCC1. The third-order valence-corrected chi connectivity index (χ3v) is 5.23. The minimum atomic E-state index is -0.959.